The van der Waals surface area contributed by atoms with Crippen LogP contribution in [0.5, 0.6) is 0 Å². The number of hydrogen-bond acceptors (Lipinski definition) is 1. The second-order valence-corrected chi connectivity index (χ2v) is 4.27. The van der Waals surface area contributed by atoms with Crippen molar-refractivity contribution in [3.8, 4) is 0 Å². The van der Waals surface area contributed by atoms with Crippen LogP contribution in [0, 0.1) is 5.82 Å². The highest BCUT2D eigenvalue weighted by atomic mass is 35.5. The Hall–Kier alpha value is -2.13. The quantitative estimate of drug-likeness (QED) is 0.839. The molecule has 0 fully saturated rings. The summed E-state index contributed by atoms with van der Waals surface area (Å²) in [4.78, 5) is 11.6. The third-order valence-electron chi connectivity index (χ3n) is 2.41. The van der Waals surface area contributed by atoms with Gasteiger partial charge in [-0.3, -0.25) is 4.79 Å². The molecule has 0 saturated heterocycles. The summed E-state index contributed by atoms with van der Waals surface area (Å²) in [6, 6.07) is 13.4. The topological polar surface area (TPSA) is 29.1 Å². The predicted octanol–water partition coefficient (Wildman–Crippen LogP) is 4.13. The Balaban J connectivity index is 2.02. The fourth-order valence-electron chi connectivity index (χ4n) is 1.49. The van der Waals surface area contributed by atoms with Crippen molar-refractivity contribution in [3.05, 3.63) is 71.0 Å². The lowest BCUT2D eigenvalue weighted by Gasteiger charge is -2.01. The van der Waals surface area contributed by atoms with Crippen molar-refractivity contribution < 1.29 is 9.18 Å². The van der Waals surface area contributed by atoms with E-state index in [1.54, 1.807) is 24.3 Å². The molecule has 0 aliphatic heterocycles. The molecule has 2 rings (SSSR count). The minimum absolute atomic E-state index is 0.0330. The maximum Gasteiger partial charge on any atom is 0.248 e. The third kappa shape index (κ3) is 3.93. The van der Waals surface area contributed by atoms with Gasteiger partial charge in [0.2, 0.25) is 5.91 Å². The molecule has 0 spiro atoms. The summed E-state index contributed by atoms with van der Waals surface area (Å²) in [7, 11) is 0. The van der Waals surface area contributed by atoms with Gasteiger partial charge < -0.3 is 5.32 Å². The number of benzene rings is 2. The zero-order valence-electron chi connectivity index (χ0n) is 9.94. The highest BCUT2D eigenvalue weighted by Gasteiger charge is 2.00. The normalized spacial score (nSPS) is 10.6. The number of hydrogen-bond donors (Lipinski definition) is 1. The summed E-state index contributed by atoms with van der Waals surface area (Å²) in [5, 5.41) is 2.74. The number of nitrogens with one attached hydrogen (secondary N) is 1. The van der Waals surface area contributed by atoms with E-state index in [4.69, 9.17) is 11.6 Å². The molecule has 1 amide bonds. The molecule has 0 radical (unpaired) electrons. The number of rotatable bonds is 3. The van der Waals surface area contributed by atoms with Gasteiger partial charge in [-0.15, -0.1) is 0 Å². The minimum atomic E-state index is -0.479. The Morgan fingerprint density at radius 3 is 2.58 bits per heavy atom. The van der Waals surface area contributed by atoms with Gasteiger partial charge >= 0.3 is 0 Å². The molecule has 2 aromatic rings. The van der Waals surface area contributed by atoms with Crippen LogP contribution in [0.15, 0.2) is 54.6 Å². The first-order valence-electron chi connectivity index (χ1n) is 5.64. The van der Waals surface area contributed by atoms with Crippen molar-refractivity contribution in [2.45, 2.75) is 0 Å². The SMILES string of the molecule is O=C(C=Cc1ccc(F)c(Cl)c1)Nc1ccccc1. The van der Waals surface area contributed by atoms with Gasteiger partial charge in [0.1, 0.15) is 5.82 Å². The average molecular weight is 276 g/mol. The van der Waals surface area contributed by atoms with Gasteiger partial charge in [0, 0.05) is 11.8 Å². The summed E-state index contributed by atoms with van der Waals surface area (Å²) in [6.07, 6.45) is 2.94. The number of halogens is 2. The highest BCUT2D eigenvalue weighted by molar-refractivity contribution is 6.30. The number of carbonyl (C=O) groups excluding carboxylic acids is 1. The van der Waals surface area contributed by atoms with Gasteiger partial charge in [-0.1, -0.05) is 35.9 Å². The molecule has 0 aliphatic rings. The highest BCUT2D eigenvalue weighted by Crippen LogP contribution is 2.16. The van der Waals surface area contributed by atoms with Gasteiger partial charge in [-0.2, -0.15) is 0 Å². The third-order valence-corrected chi connectivity index (χ3v) is 2.70. The largest absolute Gasteiger partial charge is 0.323 e. The molecule has 2 nitrogen and oxygen atoms in total. The van der Waals surface area contributed by atoms with Crippen LogP contribution in [0.4, 0.5) is 10.1 Å². The van der Waals surface area contributed by atoms with Crippen molar-refractivity contribution in [1.82, 2.24) is 0 Å². The summed E-state index contributed by atoms with van der Waals surface area (Å²) in [6.45, 7) is 0. The molecule has 2 aromatic carbocycles. The van der Waals surface area contributed by atoms with Crippen LogP contribution in [0.3, 0.4) is 0 Å². The Morgan fingerprint density at radius 1 is 1.16 bits per heavy atom. The molecule has 0 unspecified atom stereocenters. The van der Waals surface area contributed by atoms with E-state index < -0.39 is 5.82 Å². The van der Waals surface area contributed by atoms with E-state index in [0.717, 1.165) is 0 Å². The smallest absolute Gasteiger partial charge is 0.248 e. The fraction of sp³-hybridized carbons (Fsp3) is 0. The van der Waals surface area contributed by atoms with Crippen LogP contribution < -0.4 is 5.32 Å². The Kier molecular flexibility index (Phi) is 4.31. The fourth-order valence-corrected chi connectivity index (χ4v) is 1.68. The first-order chi connectivity index (χ1) is 9.15. The summed E-state index contributed by atoms with van der Waals surface area (Å²) >= 11 is 5.65. The summed E-state index contributed by atoms with van der Waals surface area (Å²) in [5.74, 6) is -0.737. The molecule has 0 heterocycles. The number of amides is 1. The molecule has 0 saturated carbocycles. The van der Waals surface area contributed by atoms with E-state index in [1.807, 2.05) is 18.2 Å². The van der Waals surface area contributed by atoms with Gasteiger partial charge in [-0.25, -0.2) is 4.39 Å². The molecular formula is C15H11ClFNO. The lowest BCUT2D eigenvalue weighted by atomic mass is 10.2. The zero-order chi connectivity index (χ0) is 13.7. The summed E-state index contributed by atoms with van der Waals surface area (Å²) in [5.41, 5.74) is 1.38. The second-order valence-electron chi connectivity index (χ2n) is 3.86. The van der Waals surface area contributed by atoms with E-state index in [0.29, 0.717) is 11.3 Å². The first kappa shape index (κ1) is 13.3. The predicted molar refractivity (Wildman–Crippen MR) is 75.5 cm³/mol. The molecule has 1 N–H and O–H groups in total. The van der Waals surface area contributed by atoms with Crippen LogP contribution >= 0.6 is 11.6 Å². The molecule has 96 valence electrons. The van der Waals surface area contributed by atoms with Crippen LogP contribution in [0.1, 0.15) is 5.56 Å². The van der Waals surface area contributed by atoms with Gasteiger partial charge in [0.25, 0.3) is 0 Å². The number of anilines is 1. The number of carbonyl (C=O) groups is 1. The van der Waals surface area contributed by atoms with E-state index in [1.165, 1.54) is 18.2 Å². The van der Waals surface area contributed by atoms with Crippen LogP contribution in [-0.2, 0) is 4.79 Å². The first-order valence-corrected chi connectivity index (χ1v) is 6.02. The summed E-state index contributed by atoms with van der Waals surface area (Å²) < 4.78 is 12.9. The van der Waals surface area contributed by atoms with Crippen molar-refractivity contribution >= 4 is 29.3 Å². The van der Waals surface area contributed by atoms with E-state index in [2.05, 4.69) is 5.32 Å². The lowest BCUT2D eigenvalue weighted by molar-refractivity contribution is -0.111. The molecule has 0 bridgehead atoms. The van der Waals surface area contributed by atoms with E-state index in [-0.39, 0.29) is 10.9 Å². The maximum atomic E-state index is 12.9. The van der Waals surface area contributed by atoms with Crippen molar-refractivity contribution in [1.29, 1.82) is 0 Å². The standard InChI is InChI=1S/C15H11ClFNO/c16-13-10-11(6-8-14(13)17)7-9-15(19)18-12-4-2-1-3-5-12/h1-10H,(H,18,19). The maximum absolute atomic E-state index is 12.9. The molecule has 4 heteroatoms. The second kappa shape index (κ2) is 6.16. The Labute approximate surface area is 115 Å². The van der Waals surface area contributed by atoms with Gasteiger partial charge in [0.05, 0.1) is 5.02 Å². The molecule has 19 heavy (non-hydrogen) atoms. The lowest BCUT2D eigenvalue weighted by Crippen LogP contribution is -2.07. The monoisotopic (exact) mass is 275 g/mol. The van der Waals surface area contributed by atoms with Crippen LogP contribution in [0.2, 0.25) is 5.02 Å². The molecule has 0 atom stereocenters. The van der Waals surface area contributed by atoms with Crippen molar-refractivity contribution in [2.75, 3.05) is 5.32 Å². The van der Waals surface area contributed by atoms with Gasteiger partial charge in [0.15, 0.2) is 0 Å². The van der Waals surface area contributed by atoms with Crippen molar-refractivity contribution in [2.24, 2.45) is 0 Å². The number of para-hydroxylation sites is 1. The van der Waals surface area contributed by atoms with E-state index in [9.17, 15) is 9.18 Å². The van der Waals surface area contributed by atoms with E-state index >= 15 is 0 Å². The molecular weight excluding hydrogens is 265 g/mol. The van der Waals surface area contributed by atoms with Crippen molar-refractivity contribution in [3.63, 3.8) is 0 Å². The van der Waals surface area contributed by atoms with Crippen LogP contribution in [0.25, 0.3) is 6.08 Å². The van der Waals surface area contributed by atoms with Gasteiger partial charge in [-0.05, 0) is 35.9 Å². The van der Waals surface area contributed by atoms with Crippen LogP contribution in [-0.4, -0.2) is 5.91 Å². The molecule has 0 aliphatic carbocycles. The average Bonchev–Trinajstić information content (AvgIpc) is 2.41. The Bertz CT molecular complexity index is 611. The zero-order valence-corrected chi connectivity index (χ0v) is 10.7. The Morgan fingerprint density at radius 2 is 1.89 bits per heavy atom. The minimum Gasteiger partial charge on any atom is -0.323 e. The molecule has 0 aromatic heterocycles.